The first-order valence-electron chi connectivity index (χ1n) is 15.2. The number of methoxy groups -OCH3 is 2. The van der Waals surface area contributed by atoms with Crippen LogP contribution in [0.2, 0.25) is 0 Å². The third kappa shape index (κ3) is 9.14. The molecule has 5 rings (SSSR count). The third-order valence-corrected chi connectivity index (χ3v) is 8.53. The van der Waals surface area contributed by atoms with Crippen molar-refractivity contribution in [2.75, 3.05) is 24.9 Å². The molecule has 12 heteroatoms. The molecule has 0 saturated carbocycles. The summed E-state index contributed by atoms with van der Waals surface area (Å²) in [5.41, 5.74) is 2.41. The van der Waals surface area contributed by atoms with Gasteiger partial charge in [-0.1, -0.05) is 60.7 Å². The van der Waals surface area contributed by atoms with Gasteiger partial charge in [0.2, 0.25) is 5.91 Å². The van der Waals surface area contributed by atoms with Gasteiger partial charge < -0.3 is 25.4 Å². The van der Waals surface area contributed by atoms with Crippen LogP contribution >= 0.6 is 11.8 Å². The van der Waals surface area contributed by atoms with Gasteiger partial charge in [-0.3, -0.25) is 24.5 Å². The van der Waals surface area contributed by atoms with Crippen molar-refractivity contribution in [1.82, 2.24) is 5.32 Å². The van der Waals surface area contributed by atoms with Gasteiger partial charge in [0, 0.05) is 34.0 Å². The fourth-order valence-electron chi connectivity index (χ4n) is 4.81. The lowest BCUT2D eigenvalue weighted by Crippen LogP contribution is -2.30. The maximum absolute atomic E-state index is 13.7. The lowest BCUT2D eigenvalue weighted by Gasteiger charge is -2.18. The largest absolute Gasteiger partial charge is 0.493 e. The minimum Gasteiger partial charge on any atom is -0.493 e. The highest BCUT2D eigenvalue weighted by molar-refractivity contribution is 8.00. The van der Waals surface area contributed by atoms with E-state index in [4.69, 9.17) is 9.47 Å². The molecular formula is C38H32N4O7S. The van der Waals surface area contributed by atoms with E-state index < -0.39 is 22.0 Å². The van der Waals surface area contributed by atoms with E-state index in [2.05, 4.69) is 16.0 Å². The molecule has 0 fully saturated rings. The summed E-state index contributed by atoms with van der Waals surface area (Å²) < 4.78 is 10.7. The van der Waals surface area contributed by atoms with E-state index in [1.807, 2.05) is 36.4 Å². The number of carbonyl (C=O) groups is 3. The van der Waals surface area contributed by atoms with Crippen LogP contribution in [0.5, 0.6) is 11.5 Å². The molecule has 0 heterocycles. The number of hydrogen-bond acceptors (Lipinski definition) is 8. The Kier molecular flexibility index (Phi) is 11.6. The minimum atomic E-state index is -0.706. The smallest absolute Gasteiger partial charge is 0.272 e. The quantitative estimate of drug-likeness (QED) is 0.0499. The van der Waals surface area contributed by atoms with Crippen molar-refractivity contribution in [1.29, 1.82) is 0 Å². The number of hydrogen-bond donors (Lipinski definition) is 3. The molecule has 0 aliphatic rings. The molecule has 50 heavy (non-hydrogen) atoms. The van der Waals surface area contributed by atoms with E-state index in [-0.39, 0.29) is 17.3 Å². The molecule has 1 unspecified atom stereocenters. The summed E-state index contributed by atoms with van der Waals surface area (Å²) in [5, 5.41) is 18.8. The van der Waals surface area contributed by atoms with Crippen LogP contribution in [0.25, 0.3) is 6.08 Å². The molecule has 3 N–H and O–H groups in total. The summed E-state index contributed by atoms with van der Waals surface area (Å²) in [7, 11) is 3.02. The fourth-order valence-corrected chi connectivity index (χ4v) is 5.89. The maximum Gasteiger partial charge on any atom is 0.272 e. The number of carbonyl (C=O) groups excluding carboxylic acids is 3. The van der Waals surface area contributed by atoms with Crippen molar-refractivity contribution < 1.29 is 28.8 Å². The maximum atomic E-state index is 13.7. The number of nitrogens with zero attached hydrogens (tertiary/aromatic N) is 1. The Morgan fingerprint density at radius 3 is 2.08 bits per heavy atom. The number of amides is 3. The summed E-state index contributed by atoms with van der Waals surface area (Å²) in [5.74, 6) is -0.435. The molecular weight excluding hydrogens is 657 g/mol. The van der Waals surface area contributed by atoms with E-state index in [1.165, 1.54) is 56.3 Å². The van der Waals surface area contributed by atoms with Crippen molar-refractivity contribution in [3.63, 3.8) is 0 Å². The second-order valence-electron chi connectivity index (χ2n) is 10.7. The molecule has 252 valence electrons. The number of thioether (sulfide) groups is 1. The average molecular weight is 689 g/mol. The lowest BCUT2D eigenvalue weighted by atomic mass is 10.1. The summed E-state index contributed by atoms with van der Waals surface area (Å²) in [4.78, 5) is 51.6. The Hall–Kier alpha value is -6.40. The zero-order chi connectivity index (χ0) is 35.5. The van der Waals surface area contributed by atoms with Gasteiger partial charge in [0.1, 0.15) is 10.9 Å². The van der Waals surface area contributed by atoms with Gasteiger partial charge in [-0.2, -0.15) is 0 Å². The molecule has 0 bridgehead atoms. The van der Waals surface area contributed by atoms with Gasteiger partial charge in [0.15, 0.2) is 11.5 Å². The molecule has 5 aromatic rings. The zero-order valence-electron chi connectivity index (χ0n) is 27.0. The molecule has 0 aliphatic heterocycles. The fraction of sp³-hybridized carbons (Fsp3) is 0.0789. The van der Waals surface area contributed by atoms with Crippen molar-refractivity contribution in [2.45, 2.75) is 10.1 Å². The number of non-ortho nitro benzene ring substituents is 1. The van der Waals surface area contributed by atoms with E-state index in [0.29, 0.717) is 38.9 Å². The van der Waals surface area contributed by atoms with Crippen LogP contribution in [-0.2, 0) is 9.59 Å². The van der Waals surface area contributed by atoms with E-state index in [9.17, 15) is 24.5 Å². The van der Waals surface area contributed by atoms with E-state index in [1.54, 1.807) is 66.7 Å². The van der Waals surface area contributed by atoms with Gasteiger partial charge >= 0.3 is 0 Å². The number of nitrogens with one attached hydrogen (secondary N) is 3. The number of benzene rings is 5. The zero-order valence-corrected chi connectivity index (χ0v) is 27.8. The Labute approximate surface area is 292 Å². The highest BCUT2D eigenvalue weighted by Crippen LogP contribution is 2.37. The summed E-state index contributed by atoms with van der Waals surface area (Å²) in [6.45, 7) is 0. The summed E-state index contributed by atoms with van der Waals surface area (Å²) in [6, 6.07) is 35.4. The molecule has 0 spiro atoms. The lowest BCUT2D eigenvalue weighted by molar-refractivity contribution is -0.384. The molecule has 0 radical (unpaired) electrons. The molecule has 0 aliphatic carbocycles. The summed E-state index contributed by atoms with van der Waals surface area (Å²) >= 11 is 1.26. The molecule has 0 saturated heterocycles. The highest BCUT2D eigenvalue weighted by atomic mass is 32.2. The molecule has 1 atom stereocenters. The first kappa shape index (κ1) is 34.9. The van der Waals surface area contributed by atoms with Crippen LogP contribution in [0, 0.1) is 10.1 Å². The van der Waals surface area contributed by atoms with Crippen LogP contribution in [0.4, 0.5) is 17.1 Å². The highest BCUT2D eigenvalue weighted by Gasteiger charge is 2.23. The Bertz CT molecular complexity index is 2020. The van der Waals surface area contributed by atoms with Crippen molar-refractivity contribution in [2.24, 2.45) is 0 Å². The van der Waals surface area contributed by atoms with Gasteiger partial charge in [-0.25, -0.2) is 0 Å². The second kappa shape index (κ2) is 16.6. The topological polar surface area (TPSA) is 149 Å². The van der Waals surface area contributed by atoms with Crippen LogP contribution in [0.3, 0.4) is 0 Å². The Morgan fingerprint density at radius 1 is 0.740 bits per heavy atom. The number of ether oxygens (including phenoxy) is 2. The molecule has 3 amide bonds. The van der Waals surface area contributed by atoms with Crippen molar-refractivity contribution in [3.8, 4) is 11.5 Å². The molecule has 5 aromatic carbocycles. The molecule has 0 aromatic heterocycles. The first-order chi connectivity index (χ1) is 24.2. The predicted octanol–water partition coefficient (Wildman–Crippen LogP) is 7.49. The summed E-state index contributed by atoms with van der Waals surface area (Å²) in [6.07, 6.45) is 1.53. The van der Waals surface area contributed by atoms with Gasteiger partial charge in [0.25, 0.3) is 17.5 Å². The van der Waals surface area contributed by atoms with Crippen molar-refractivity contribution >= 4 is 52.6 Å². The monoisotopic (exact) mass is 688 g/mol. The number of anilines is 2. The Balaban J connectivity index is 1.39. The molecule has 11 nitrogen and oxygen atoms in total. The van der Waals surface area contributed by atoms with Crippen LogP contribution < -0.4 is 25.4 Å². The standard InChI is InChI=1S/C38H32N4O7S/c1-48-33-21-16-25(23-34(33)49-2)22-32(41-36(43)27-12-7-4-8-13-27)37(44)40-29-14-9-15-31(24-29)50-35(26-10-5-3-6-11-26)38(45)39-28-17-19-30(20-18-28)42(46)47/h3-24,35H,1-2H3,(H,39,45)(H,40,44)(H,41,43)/b32-22+. The van der Waals surface area contributed by atoms with Crippen LogP contribution in [-0.4, -0.2) is 36.9 Å². The number of rotatable bonds is 13. The third-order valence-electron chi connectivity index (χ3n) is 7.28. The van der Waals surface area contributed by atoms with Crippen molar-refractivity contribution in [3.05, 3.63) is 160 Å². The van der Waals surface area contributed by atoms with Gasteiger partial charge in [-0.15, -0.1) is 11.8 Å². The van der Waals surface area contributed by atoms with Crippen LogP contribution in [0.15, 0.2) is 138 Å². The second-order valence-corrected chi connectivity index (χ2v) is 11.9. The average Bonchev–Trinajstić information content (AvgIpc) is 3.14. The SMILES string of the molecule is COc1ccc(/C=C(/NC(=O)c2ccccc2)C(=O)Nc2cccc(SC(C(=O)Nc3ccc([N+](=O)[O-])cc3)c3ccccc3)c2)cc1OC. The first-order valence-corrected chi connectivity index (χ1v) is 16.1. The van der Waals surface area contributed by atoms with Gasteiger partial charge in [-0.05, 0) is 71.8 Å². The van der Waals surface area contributed by atoms with E-state index >= 15 is 0 Å². The normalized spacial score (nSPS) is 11.5. The number of nitro groups is 1. The minimum absolute atomic E-state index is 0.0197. The van der Waals surface area contributed by atoms with Crippen LogP contribution in [0.1, 0.15) is 26.7 Å². The number of nitro benzene ring substituents is 1. The van der Waals surface area contributed by atoms with Gasteiger partial charge in [0.05, 0.1) is 19.1 Å². The predicted molar refractivity (Wildman–Crippen MR) is 193 cm³/mol. The Morgan fingerprint density at radius 2 is 1.42 bits per heavy atom. The van der Waals surface area contributed by atoms with E-state index in [0.717, 1.165) is 5.56 Å².